The zero-order valence-electron chi connectivity index (χ0n) is 22.5. The number of piperidine rings is 1. The van der Waals surface area contributed by atoms with Crippen molar-refractivity contribution in [3.8, 4) is 28.7 Å². The van der Waals surface area contributed by atoms with Gasteiger partial charge in [-0.3, -0.25) is 4.79 Å². The number of nitriles is 1. The van der Waals surface area contributed by atoms with E-state index < -0.39 is 0 Å². The number of carbonyl (C=O) groups is 1. The molecule has 1 amide bonds. The van der Waals surface area contributed by atoms with Gasteiger partial charge < -0.3 is 25.6 Å². The molecule has 1 saturated heterocycles. The van der Waals surface area contributed by atoms with Crippen LogP contribution in [0.2, 0.25) is 0 Å². The van der Waals surface area contributed by atoms with Crippen molar-refractivity contribution in [2.45, 2.75) is 19.3 Å². The van der Waals surface area contributed by atoms with Crippen LogP contribution in [0.1, 0.15) is 19.3 Å². The molecule has 2 aromatic carbocycles. The molecule has 0 radical (unpaired) electrons. The first-order valence-electron chi connectivity index (χ1n) is 13.2. The molecular formula is C30H35N7O2. The summed E-state index contributed by atoms with van der Waals surface area (Å²) in [5.74, 6) is 2.93. The van der Waals surface area contributed by atoms with Crippen LogP contribution in [0.5, 0.6) is 11.5 Å². The molecular weight excluding hydrogens is 490 g/mol. The van der Waals surface area contributed by atoms with Crippen molar-refractivity contribution in [2.24, 2.45) is 5.92 Å². The summed E-state index contributed by atoms with van der Waals surface area (Å²) < 4.78 is 5.91. The van der Waals surface area contributed by atoms with Crippen LogP contribution in [0, 0.1) is 17.2 Å². The number of nitrogens with one attached hydrogen (secondary N) is 1. The lowest BCUT2D eigenvalue weighted by atomic mass is 9.96. The number of hydrogen-bond acceptors (Lipinski definition) is 8. The third-order valence-corrected chi connectivity index (χ3v) is 6.81. The van der Waals surface area contributed by atoms with E-state index in [2.05, 4.69) is 20.2 Å². The van der Waals surface area contributed by atoms with Crippen LogP contribution in [0.4, 0.5) is 11.6 Å². The van der Waals surface area contributed by atoms with Gasteiger partial charge in [-0.1, -0.05) is 36.4 Å². The first kappa shape index (κ1) is 27.6. The maximum atomic E-state index is 12.0. The molecule has 0 bridgehead atoms. The fraction of sp³-hybridized carbons (Fsp3) is 0.333. The van der Waals surface area contributed by atoms with Crippen molar-refractivity contribution >= 4 is 17.5 Å². The number of likely N-dealkylation sites (tertiary alicyclic amines) is 1. The number of carbonyl (C=O) groups excluding carboxylic acids is 1. The van der Waals surface area contributed by atoms with E-state index in [0.717, 1.165) is 67.5 Å². The summed E-state index contributed by atoms with van der Waals surface area (Å²) in [6, 6.07) is 19.4. The molecule has 0 spiro atoms. The second kappa shape index (κ2) is 13.4. The Morgan fingerprint density at radius 2 is 1.82 bits per heavy atom. The fourth-order valence-electron chi connectivity index (χ4n) is 4.60. The lowest BCUT2D eigenvalue weighted by molar-refractivity contribution is -0.124. The van der Waals surface area contributed by atoms with E-state index in [4.69, 9.17) is 10.5 Å². The molecule has 0 saturated carbocycles. The lowest BCUT2D eigenvalue weighted by Crippen LogP contribution is -2.36. The fourth-order valence-corrected chi connectivity index (χ4v) is 4.60. The van der Waals surface area contributed by atoms with Gasteiger partial charge in [0.15, 0.2) is 0 Å². The number of aromatic nitrogens is 2. The molecule has 39 heavy (non-hydrogen) atoms. The topological polar surface area (TPSA) is 120 Å². The minimum absolute atomic E-state index is 0.206. The zero-order valence-corrected chi connectivity index (χ0v) is 22.5. The molecule has 0 aliphatic carbocycles. The summed E-state index contributed by atoms with van der Waals surface area (Å²) >= 11 is 0. The molecule has 9 heteroatoms. The Balaban J connectivity index is 1.30. The predicted octanol–water partition coefficient (Wildman–Crippen LogP) is 4.57. The first-order valence-corrected chi connectivity index (χ1v) is 13.2. The van der Waals surface area contributed by atoms with Crippen LogP contribution in [-0.4, -0.2) is 65.9 Å². The number of hydrogen-bond donors (Lipinski definition) is 2. The molecule has 2 heterocycles. The maximum absolute atomic E-state index is 12.0. The van der Waals surface area contributed by atoms with Crippen LogP contribution >= 0.6 is 0 Å². The summed E-state index contributed by atoms with van der Waals surface area (Å²) in [6.07, 6.45) is 6.03. The SMILES string of the molecule is CN(C)C(=O)C(C#N)=CCCN1CCC(CNc2ncnc(N)c2-c2ccc(Oc3ccccc3)cc2)CC1. The van der Waals surface area contributed by atoms with Crippen molar-refractivity contribution in [2.75, 3.05) is 51.3 Å². The van der Waals surface area contributed by atoms with Gasteiger partial charge in [0.25, 0.3) is 5.91 Å². The third-order valence-electron chi connectivity index (χ3n) is 6.81. The number of anilines is 2. The van der Waals surface area contributed by atoms with Crippen LogP contribution in [0.15, 0.2) is 72.6 Å². The summed E-state index contributed by atoms with van der Waals surface area (Å²) in [7, 11) is 3.31. The Morgan fingerprint density at radius 3 is 2.49 bits per heavy atom. The Hall–Kier alpha value is -4.42. The number of ether oxygens (including phenoxy) is 1. The quantitative estimate of drug-likeness (QED) is 0.292. The zero-order chi connectivity index (χ0) is 27.6. The molecule has 202 valence electrons. The van der Waals surface area contributed by atoms with Crippen molar-refractivity contribution in [3.05, 3.63) is 72.6 Å². The second-order valence-electron chi connectivity index (χ2n) is 9.81. The van der Waals surface area contributed by atoms with E-state index in [0.29, 0.717) is 18.2 Å². The molecule has 1 aliphatic heterocycles. The average molecular weight is 526 g/mol. The highest BCUT2D eigenvalue weighted by molar-refractivity contribution is 5.96. The van der Waals surface area contributed by atoms with Crippen molar-refractivity contribution in [3.63, 3.8) is 0 Å². The molecule has 9 nitrogen and oxygen atoms in total. The van der Waals surface area contributed by atoms with Crippen LogP contribution in [-0.2, 0) is 4.79 Å². The van der Waals surface area contributed by atoms with Crippen molar-refractivity contribution in [1.82, 2.24) is 19.8 Å². The van der Waals surface area contributed by atoms with Crippen LogP contribution in [0.3, 0.4) is 0 Å². The van der Waals surface area contributed by atoms with Gasteiger partial charge in [-0.15, -0.1) is 0 Å². The molecule has 4 rings (SSSR count). The summed E-state index contributed by atoms with van der Waals surface area (Å²) in [5.41, 5.74) is 8.19. The van der Waals surface area contributed by atoms with Gasteiger partial charge in [-0.25, -0.2) is 9.97 Å². The average Bonchev–Trinajstić information content (AvgIpc) is 2.95. The molecule has 0 atom stereocenters. The number of nitrogens with zero attached hydrogens (tertiary/aromatic N) is 5. The summed E-state index contributed by atoms with van der Waals surface area (Å²) in [5, 5.41) is 12.7. The number of nitrogen functional groups attached to an aromatic ring is 1. The number of benzene rings is 2. The normalized spacial score (nSPS) is 14.4. The van der Waals surface area contributed by atoms with Gasteiger partial charge in [0.05, 0.1) is 5.56 Å². The summed E-state index contributed by atoms with van der Waals surface area (Å²) in [4.78, 5) is 24.5. The molecule has 1 fully saturated rings. The van der Waals surface area contributed by atoms with Gasteiger partial charge in [0.2, 0.25) is 0 Å². The smallest absolute Gasteiger partial charge is 0.263 e. The molecule has 1 aliphatic rings. The standard InChI is InChI=1S/C30H35N7O2/c1-36(2)30(38)24(19-31)7-6-16-37-17-14-22(15-18-37)20-33-29-27(28(32)34-21-35-29)23-10-12-26(13-11-23)39-25-8-4-3-5-9-25/h3-5,7-13,21-22H,6,14-18,20H2,1-2H3,(H3,32,33,34,35). The van der Waals surface area contributed by atoms with Crippen LogP contribution < -0.4 is 15.8 Å². The molecule has 3 N–H and O–H groups in total. The number of rotatable bonds is 10. The van der Waals surface area contributed by atoms with Gasteiger partial charge >= 0.3 is 0 Å². The van der Waals surface area contributed by atoms with Gasteiger partial charge in [0.1, 0.15) is 41.1 Å². The van der Waals surface area contributed by atoms with Crippen LogP contribution in [0.25, 0.3) is 11.1 Å². The Labute approximate surface area is 229 Å². The largest absolute Gasteiger partial charge is 0.457 e. The molecule has 3 aromatic rings. The van der Waals surface area contributed by atoms with E-state index in [9.17, 15) is 10.1 Å². The monoisotopic (exact) mass is 525 g/mol. The van der Waals surface area contributed by atoms with Gasteiger partial charge in [-0.05, 0) is 68.1 Å². The second-order valence-corrected chi connectivity index (χ2v) is 9.81. The number of para-hydroxylation sites is 1. The number of likely N-dealkylation sites (N-methyl/N-ethyl adjacent to an activating group) is 1. The minimum Gasteiger partial charge on any atom is -0.457 e. The number of nitrogens with two attached hydrogens (primary N) is 1. The maximum Gasteiger partial charge on any atom is 0.263 e. The van der Waals surface area contributed by atoms with Crippen molar-refractivity contribution in [1.29, 1.82) is 5.26 Å². The van der Waals surface area contributed by atoms with Gasteiger partial charge in [0, 0.05) is 27.2 Å². The highest BCUT2D eigenvalue weighted by atomic mass is 16.5. The molecule has 1 aromatic heterocycles. The third kappa shape index (κ3) is 7.55. The Morgan fingerprint density at radius 1 is 1.13 bits per heavy atom. The van der Waals surface area contributed by atoms with E-state index in [1.807, 2.05) is 60.7 Å². The number of amides is 1. The predicted molar refractivity (Wildman–Crippen MR) is 153 cm³/mol. The van der Waals surface area contributed by atoms with Crippen molar-refractivity contribution < 1.29 is 9.53 Å². The van der Waals surface area contributed by atoms with E-state index >= 15 is 0 Å². The van der Waals surface area contributed by atoms with E-state index in [1.165, 1.54) is 11.2 Å². The Kier molecular flexibility index (Phi) is 9.48. The highest BCUT2D eigenvalue weighted by Crippen LogP contribution is 2.33. The minimum atomic E-state index is -0.247. The Bertz CT molecular complexity index is 1310. The summed E-state index contributed by atoms with van der Waals surface area (Å²) in [6.45, 7) is 3.58. The van der Waals surface area contributed by atoms with E-state index in [-0.39, 0.29) is 11.5 Å². The lowest BCUT2D eigenvalue weighted by Gasteiger charge is -2.32. The van der Waals surface area contributed by atoms with Gasteiger partial charge in [-0.2, -0.15) is 5.26 Å². The molecule has 0 unspecified atom stereocenters. The van der Waals surface area contributed by atoms with E-state index in [1.54, 1.807) is 20.2 Å². The highest BCUT2D eigenvalue weighted by Gasteiger charge is 2.20. The first-order chi connectivity index (χ1) is 18.9.